The highest BCUT2D eigenvalue weighted by atomic mass is 32.2. The lowest BCUT2D eigenvalue weighted by Crippen LogP contribution is -2.30. The van der Waals surface area contributed by atoms with Crippen LogP contribution in [0.2, 0.25) is 0 Å². The molecule has 0 aliphatic rings. The Bertz CT molecular complexity index is 784. The number of benzene rings is 1. The minimum absolute atomic E-state index is 0.127. The average Bonchev–Trinajstić information content (AvgIpc) is 3.03. The molecule has 0 fully saturated rings. The molecule has 2 rings (SSSR count). The van der Waals surface area contributed by atoms with E-state index < -0.39 is 18.0 Å². The van der Waals surface area contributed by atoms with Crippen LogP contribution in [0.25, 0.3) is 0 Å². The summed E-state index contributed by atoms with van der Waals surface area (Å²) >= 11 is 2.63. The first-order valence-electron chi connectivity index (χ1n) is 7.36. The number of amides is 1. The van der Waals surface area contributed by atoms with Crippen LogP contribution in [-0.4, -0.2) is 23.7 Å². The number of esters is 1. The number of rotatable bonds is 7. The second-order valence-electron chi connectivity index (χ2n) is 4.95. The summed E-state index contributed by atoms with van der Waals surface area (Å²) in [5, 5.41) is 13.6. The minimum Gasteiger partial charge on any atom is -0.453 e. The number of hydrogen-bond acceptors (Lipinski definition) is 6. The molecule has 2 aromatic rings. The molecule has 8 heteroatoms. The topological polar surface area (TPSA) is 79.2 Å². The van der Waals surface area contributed by atoms with Crippen LogP contribution in [-0.2, 0) is 14.3 Å². The van der Waals surface area contributed by atoms with Crippen molar-refractivity contribution in [3.8, 4) is 6.07 Å². The Morgan fingerprint density at radius 1 is 1.36 bits per heavy atom. The number of thioether (sulfide) groups is 1. The number of halogens is 1. The summed E-state index contributed by atoms with van der Waals surface area (Å²) in [7, 11) is 0. The summed E-state index contributed by atoms with van der Waals surface area (Å²) in [4.78, 5) is 24.7. The molecule has 25 heavy (non-hydrogen) atoms. The third kappa shape index (κ3) is 5.89. The van der Waals surface area contributed by atoms with E-state index in [-0.39, 0.29) is 12.2 Å². The number of nitriles is 1. The maximum atomic E-state index is 12.8. The Morgan fingerprint density at radius 3 is 2.76 bits per heavy atom. The van der Waals surface area contributed by atoms with E-state index in [1.807, 2.05) is 6.07 Å². The molecule has 0 saturated carbocycles. The molecule has 0 aliphatic heterocycles. The summed E-state index contributed by atoms with van der Waals surface area (Å²) < 4.78 is 17.9. The van der Waals surface area contributed by atoms with Crippen molar-refractivity contribution >= 4 is 40.0 Å². The van der Waals surface area contributed by atoms with Crippen LogP contribution in [0.5, 0.6) is 0 Å². The summed E-state index contributed by atoms with van der Waals surface area (Å²) in [6.07, 6.45) is -0.834. The largest absolute Gasteiger partial charge is 0.453 e. The van der Waals surface area contributed by atoms with Crippen molar-refractivity contribution in [3.05, 3.63) is 47.1 Å². The summed E-state index contributed by atoms with van der Waals surface area (Å²) in [5.41, 5.74) is 0.368. The Labute approximate surface area is 152 Å². The van der Waals surface area contributed by atoms with Crippen molar-refractivity contribution in [1.29, 1.82) is 5.26 Å². The van der Waals surface area contributed by atoms with Gasteiger partial charge in [-0.05, 0) is 42.6 Å². The average molecular weight is 378 g/mol. The van der Waals surface area contributed by atoms with Crippen LogP contribution in [0.1, 0.15) is 18.9 Å². The Balaban J connectivity index is 1.74. The predicted molar refractivity (Wildman–Crippen MR) is 95.0 cm³/mol. The van der Waals surface area contributed by atoms with Crippen molar-refractivity contribution in [2.45, 2.75) is 24.3 Å². The van der Waals surface area contributed by atoms with Crippen molar-refractivity contribution in [1.82, 2.24) is 0 Å². The van der Waals surface area contributed by atoms with Gasteiger partial charge in [-0.3, -0.25) is 9.59 Å². The molecule has 5 nitrogen and oxygen atoms in total. The zero-order valence-electron chi connectivity index (χ0n) is 13.3. The van der Waals surface area contributed by atoms with Gasteiger partial charge in [0.1, 0.15) is 16.9 Å². The summed E-state index contributed by atoms with van der Waals surface area (Å²) in [6, 6.07) is 9.55. The molecule has 130 valence electrons. The number of nitrogens with one attached hydrogen (secondary N) is 1. The van der Waals surface area contributed by atoms with E-state index in [1.165, 1.54) is 42.2 Å². The van der Waals surface area contributed by atoms with Gasteiger partial charge in [0.25, 0.3) is 5.91 Å². The molecule has 0 unspecified atom stereocenters. The van der Waals surface area contributed by atoms with Crippen LogP contribution in [0, 0.1) is 17.1 Å². The van der Waals surface area contributed by atoms with Crippen molar-refractivity contribution in [2.24, 2.45) is 0 Å². The van der Waals surface area contributed by atoms with Gasteiger partial charge in [0, 0.05) is 10.6 Å². The lowest BCUT2D eigenvalue weighted by molar-refractivity contribution is -0.152. The molecular weight excluding hydrogens is 363 g/mol. The summed E-state index contributed by atoms with van der Waals surface area (Å²) in [6.45, 7) is 1.47. The van der Waals surface area contributed by atoms with Crippen LogP contribution >= 0.6 is 23.1 Å². The highest BCUT2D eigenvalue weighted by Gasteiger charge is 2.19. The second kappa shape index (κ2) is 9.20. The highest BCUT2D eigenvalue weighted by molar-refractivity contribution is 7.99. The van der Waals surface area contributed by atoms with Crippen LogP contribution in [0.3, 0.4) is 0 Å². The van der Waals surface area contributed by atoms with Gasteiger partial charge in [-0.2, -0.15) is 5.26 Å². The van der Waals surface area contributed by atoms with E-state index >= 15 is 0 Å². The third-order valence-corrected chi connectivity index (χ3v) is 4.93. The number of thiophene rings is 1. The lowest BCUT2D eigenvalue weighted by atomic mass is 10.3. The Morgan fingerprint density at radius 2 is 2.08 bits per heavy atom. The fourth-order valence-electron chi connectivity index (χ4n) is 1.80. The molecule has 1 aromatic heterocycles. The second-order valence-corrected chi connectivity index (χ2v) is 7.03. The zero-order chi connectivity index (χ0) is 18.2. The molecule has 0 bridgehead atoms. The van der Waals surface area contributed by atoms with Gasteiger partial charge < -0.3 is 10.1 Å². The van der Waals surface area contributed by atoms with Crippen molar-refractivity contribution in [3.63, 3.8) is 0 Å². The van der Waals surface area contributed by atoms with Crippen molar-refractivity contribution < 1.29 is 18.7 Å². The van der Waals surface area contributed by atoms with Gasteiger partial charge in [-0.25, -0.2) is 4.39 Å². The van der Waals surface area contributed by atoms with E-state index in [1.54, 1.807) is 23.6 Å². The van der Waals surface area contributed by atoms with E-state index in [2.05, 4.69) is 5.32 Å². The molecular formula is C17H15FN2O3S2. The highest BCUT2D eigenvalue weighted by Crippen LogP contribution is 2.22. The number of carbonyl (C=O) groups excluding carboxylic acids is 2. The van der Waals surface area contributed by atoms with E-state index in [9.17, 15) is 14.0 Å². The van der Waals surface area contributed by atoms with E-state index in [0.717, 1.165) is 4.90 Å². The number of ether oxygens (including phenoxy) is 1. The van der Waals surface area contributed by atoms with Gasteiger partial charge in [0.05, 0.1) is 12.0 Å². The molecule has 0 aliphatic carbocycles. The molecule has 1 N–H and O–H groups in total. The molecule has 1 atom stereocenters. The maximum absolute atomic E-state index is 12.8. The number of anilines is 1. The van der Waals surface area contributed by atoms with Gasteiger partial charge >= 0.3 is 5.97 Å². The predicted octanol–water partition coefficient (Wildman–Crippen LogP) is 3.81. The van der Waals surface area contributed by atoms with Gasteiger partial charge in [-0.1, -0.05) is 0 Å². The molecule has 0 saturated heterocycles. The molecule has 0 spiro atoms. The van der Waals surface area contributed by atoms with Gasteiger partial charge in [0.2, 0.25) is 0 Å². The van der Waals surface area contributed by atoms with Crippen LogP contribution in [0.4, 0.5) is 9.39 Å². The molecule has 1 aromatic carbocycles. The van der Waals surface area contributed by atoms with Crippen molar-refractivity contribution in [2.75, 3.05) is 11.1 Å². The number of carbonyl (C=O) groups is 2. The fourth-order valence-corrected chi connectivity index (χ4v) is 3.37. The SMILES string of the molecule is C[C@H](OC(=O)CCSc1ccc(F)cc1)C(=O)Nc1sccc1C#N. The van der Waals surface area contributed by atoms with E-state index in [4.69, 9.17) is 10.00 Å². The molecule has 1 amide bonds. The van der Waals surface area contributed by atoms with Crippen LogP contribution < -0.4 is 5.32 Å². The van der Waals surface area contributed by atoms with Gasteiger partial charge in [0.15, 0.2) is 6.10 Å². The first-order valence-corrected chi connectivity index (χ1v) is 9.22. The Hall–Kier alpha value is -2.37. The number of hydrogen-bond donors (Lipinski definition) is 1. The first-order chi connectivity index (χ1) is 12.0. The number of nitrogens with zero attached hydrogens (tertiary/aromatic N) is 1. The zero-order valence-corrected chi connectivity index (χ0v) is 15.0. The van der Waals surface area contributed by atoms with Gasteiger partial charge in [-0.15, -0.1) is 23.1 Å². The smallest absolute Gasteiger partial charge is 0.307 e. The fraction of sp³-hybridized carbons (Fsp3) is 0.235. The molecule has 1 heterocycles. The maximum Gasteiger partial charge on any atom is 0.307 e. The third-order valence-electron chi connectivity index (χ3n) is 3.09. The van der Waals surface area contributed by atoms with E-state index in [0.29, 0.717) is 16.3 Å². The quantitative estimate of drug-likeness (QED) is 0.585. The minimum atomic E-state index is -0.961. The van der Waals surface area contributed by atoms with Crippen LogP contribution in [0.15, 0.2) is 40.6 Å². The lowest BCUT2D eigenvalue weighted by Gasteiger charge is -2.13. The normalized spacial score (nSPS) is 11.4. The Kier molecular flexibility index (Phi) is 6.98. The summed E-state index contributed by atoms with van der Waals surface area (Å²) in [5.74, 6) is -0.834. The molecule has 0 radical (unpaired) electrons. The monoisotopic (exact) mass is 378 g/mol. The first kappa shape index (κ1) is 19.0. The standard InChI is InChI=1S/C17H15FN2O3S2/c1-11(16(22)20-17-12(10-19)6-8-25-17)23-15(21)7-9-24-14-4-2-13(18)3-5-14/h2-6,8,11H,7,9H2,1H3,(H,20,22)/t11-/m0/s1.